The number of hydrogen-bond acceptors (Lipinski definition) is 5. The van der Waals surface area contributed by atoms with Crippen LogP contribution in [0.15, 0.2) is 18.2 Å². The number of benzene rings is 1. The molecule has 9 heteroatoms. The summed E-state index contributed by atoms with van der Waals surface area (Å²) in [6.07, 6.45) is 1.69. The molecule has 0 spiro atoms. The molecule has 1 aliphatic rings. The average Bonchev–Trinajstić information content (AvgIpc) is 2.49. The van der Waals surface area contributed by atoms with Crippen LogP contribution in [0, 0.1) is 5.41 Å². The van der Waals surface area contributed by atoms with Crippen molar-refractivity contribution in [3.8, 4) is 0 Å². The number of sulfonamides is 1. The second kappa shape index (κ2) is 7.24. The SMILES string of the molecule is CC(=O)Nc1ccc(NS(C)(=O)=O)c(C(=O)N2CCC(N)C(C)(C)C2)c1. The van der Waals surface area contributed by atoms with Gasteiger partial charge in [-0.05, 0) is 30.0 Å². The summed E-state index contributed by atoms with van der Waals surface area (Å²) in [5, 5.41) is 2.61. The molecule has 26 heavy (non-hydrogen) atoms. The van der Waals surface area contributed by atoms with Gasteiger partial charge < -0.3 is 16.0 Å². The van der Waals surface area contributed by atoms with Gasteiger partial charge in [0.25, 0.3) is 5.91 Å². The van der Waals surface area contributed by atoms with E-state index in [1.54, 1.807) is 11.0 Å². The number of nitrogens with one attached hydrogen (secondary N) is 2. The summed E-state index contributed by atoms with van der Waals surface area (Å²) in [6, 6.07) is 4.49. The smallest absolute Gasteiger partial charge is 0.256 e. The number of likely N-dealkylation sites (tertiary alicyclic amines) is 1. The lowest BCUT2D eigenvalue weighted by Gasteiger charge is -2.42. The molecule has 1 aliphatic heterocycles. The molecule has 1 unspecified atom stereocenters. The fraction of sp³-hybridized carbons (Fsp3) is 0.529. The number of piperidine rings is 1. The first-order chi connectivity index (χ1) is 11.9. The molecule has 1 atom stereocenters. The molecule has 1 aromatic carbocycles. The lowest BCUT2D eigenvalue weighted by molar-refractivity contribution is -0.114. The minimum absolute atomic E-state index is 0.00845. The molecule has 1 saturated heterocycles. The van der Waals surface area contributed by atoms with Crippen LogP contribution in [-0.2, 0) is 14.8 Å². The van der Waals surface area contributed by atoms with Crippen LogP contribution in [0.3, 0.4) is 0 Å². The maximum absolute atomic E-state index is 13.1. The third-order valence-electron chi connectivity index (χ3n) is 4.47. The molecule has 0 saturated carbocycles. The van der Waals surface area contributed by atoms with Gasteiger partial charge in [-0.1, -0.05) is 13.8 Å². The van der Waals surface area contributed by atoms with Crippen LogP contribution in [0.5, 0.6) is 0 Å². The van der Waals surface area contributed by atoms with Crippen LogP contribution in [0.1, 0.15) is 37.6 Å². The van der Waals surface area contributed by atoms with Gasteiger partial charge in [0.05, 0.1) is 17.5 Å². The van der Waals surface area contributed by atoms with E-state index in [1.807, 2.05) is 13.8 Å². The Morgan fingerprint density at radius 2 is 1.96 bits per heavy atom. The highest BCUT2D eigenvalue weighted by Gasteiger charge is 2.36. The van der Waals surface area contributed by atoms with Crippen molar-refractivity contribution in [2.45, 2.75) is 33.2 Å². The first-order valence-electron chi connectivity index (χ1n) is 8.33. The summed E-state index contributed by atoms with van der Waals surface area (Å²) < 4.78 is 25.6. The molecule has 0 aliphatic carbocycles. The molecule has 4 N–H and O–H groups in total. The summed E-state index contributed by atoms with van der Waals surface area (Å²) in [5.41, 5.74) is 6.68. The molecule has 1 fully saturated rings. The van der Waals surface area contributed by atoms with E-state index in [4.69, 9.17) is 5.73 Å². The van der Waals surface area contributed by atoms with Crippen molar-refractivity contribution in [2.24, 2.45) is 11.1 Å². The molecule has 1 heterocycles. The van der Waals surface area contributed by atoms with Gasteiger partial charge in [-0.2, -0.15) is 0 Å². The van der Waals surface area contributed by atoms with E-state index >= 15 is 0 Å². The number of nitrogens with zero attached hydrogens (tertiary/aromatic N) is 1. The summed E-state index contributed by atoms with van der Waals surface area (Å²) >= 11 is 0. The van der Waals surface area contributed by atoms with Gasteiger partial charge >= 0.3 is 0 Å². The normalized spacial score (nSPS) is 19.7. The van der Waals surface area contributed by atoms with Gasteiger partial charge in [-0.25, -0.2) is 8.42 Å². The van der Waals surface area contributed by atoms with E-state index in [1.165, 1.54) is 19.1 Å². The number of anilines is 2. The monoisotopic (exact) mass is 382 g/mol. The van der Waals surface area contributed by atoms with Crippen molar-refractivity contribution in [1.29, 1.82) is 0 Å². The van der Waals surface area contributed by atoms with E-state index in [0.717, 1.165) is 6.26 Å². The summed E-state index contributed by atoms with van der Waals surface area (Å²) in [5.74, 6) is -0.583. The number of nitrogens with two attached hydrogens (primary N) is 1. The zero-order chi connectivity index (χ0) is 19.7. The van der Waals surface area contributed by atoms with Crippen molar-refractivity contribution in [1.82, 2.24) is 4.90 Å². The standard InChI is InChI=1S/C17H26N4O4S/c1-11(22)19-12-5-6-14(20-26(4,24)25)13(9-12)16(23)21-8-7-15(18)17(2,3)10-21/h5-6,9,15,20H,7-8,10,18H2,1-4H3,(H,19,22). The first kappa shape index (κ1) is 20.2. The molecule has 1 aromatic rings. The lowest BCUT2D eigenvalue weighted by Crippen LogP contribution is -2.54. The number of carbonyl (C=O) groups is 2. The molecule has 8 nitrogen and oxygen atoms in total. The Balaban J connectivity index is 2.40. The molecule has 0 bridgehead atoms. The Hall–Kier alpha value is -2.13. The maximum atomic E-state index is 13.1. The second-order valence-corrected chi connectivity index (χ2v) is 9.17. The molecular formula is C17H26N4O4S. The fourth-order valence-electron chi connectivity index (χ4n) is 3.01. The zero-order valence-electron chi connectivity index (χ0n) is 15.5. The Morgan fingerprint density at radius 3 is 2.50 bits per heavy atom. The van der Waals surface area contributed by atoms with Crippen LogP contribution in [0.2, 0.25) is 0 Å². The van der Waals surface area contributed by atoms with Crippen molar-refractivity contribution in [2.75, 3.05) is 29.4 Å². The Morgan fingerprint density at radius 1 is 1.31 bits per heavy atom. The summed E-state index contributed by atoms with van der Waals surface area (Å²) in [4.78, 5) is 26.0. The van der Waals surface area contributed by atoms with Crippen LogP contribution < -0.4 is 15.8 Å². The predicted octanol–water partition coefficient (Wildman–Crippen LogP) is 1.22. The first-order valence-corrected chi connectivity index (χ1v) is 10.2. The second-order valence-electron chi connectivity index (χ2n) is 7.43. The van der Waals surface area contributed by atoms with Gasteiger partial charge in [0.15, 0.2) is 0 Å². The average molecular weight is 382 g/mol. The quantitative estimate of drug-likeness (QED) is 0.723. The highest BCUT2D eigenvalue weighted by molar-refractivity contribution is 7.92. The van der Waals surface area contributed by atoms with Gasteiger partial charge in [0, 0.05) is 31.7 Å². The molecule has 2 amide bonds. The van der Waals surface area contributed by atoms with Crippen molar-refractivity contribution < 1.29 is 18.0 Å². The number of carbonyl (C=O) groups excluding carboxylic acids is 2. The largest absolute Gasteiger partial charge is 0.338 e. The lowest BCUT2D eigenvalue weighted by atomic mass is 9.79. The Bertz CT molecular complexity index is 820. The number of amides is 2. The van der Waals surface area contributed by atoms with Crippen molar-refractivity contribution in [3.05, 3.63) is 23.8 Å². The van der Waals surface area contributed by atoms with Gasteiger partial charge in [0.2, 0.25) is 15.9 Å². The maximum Gasteiger partial charge on any atom is 0.256 e. The topological polar surface area (TPSA) is 122 Å². The number of hydrogen-bond donors (Lipinski definition) is 3. The summed E-state index contributed by atoms with van der Waals surface area (Å²) in [7, 11) is -3.56. The molecule has 0 aromatic heterocycles. The highest BCUT2D eigenvalue weighted by Crippen LogP contribution is 2.30. The van der Waals surface area contributed by atoms with E-state index in [0.29, 0.717) is 25.2 Å². The van der Waals surface area contributed by atoms with E-state index < -0.39 is 10.0 Å². The van der Waals surface area contributed by atoms with Crippen LogP contribution in [0.25, 0.3) is 0 Å². The molecule has 144 valence electrons. The van der Waals surface area contributed by atoms with Gasteiger partial charge in [-0.3, -0.25) is 14.3 Å². The van der Waals surface area contributed by atoms with Gasteiger partial charge in [0.1, 0.15) is 0 Å². The zero-order valence-corrected chi connectivity index (χ0v) is 16.3. The summed E-state index contributed by atoms with van der Waals surface area (Å²) in [6.45, 7) is 6.32. The molecule has 2 rings (SSSR count). The number of rotatable bonds is 4. The Labute approximate surface area is 154 Å². The van der Waals surface area contributed by atoms with Gasteiger partial charge in [-0.15, -0.1) is 0 Å². The van der Waals surface area contributed by atoms with E-state index in [-0.39, 0.29) is 34.5 Å². The van der Waals surface area contributed by atoms with E-state index in [2.05, 4.69) is 10.0 Å². The minimum atomic E-state index is -3.56. The van der Waals surface area contributed by atoms with Crippen LogP contribution in [0.4, 0.5) is 11.4 Å². The van der Waals surface area contributed by atoms with Crippen LogP contribution in [-0.4, -0.2) is 50.5 Å². The minimum Gasteiger partial charge on any atom is -0.338 e. The van der Waals surface area contributed by atoms with Crippen molar-refractivity contribution in [3.63, 3.8) is 0 Å². The molecule has 0 radical (unpaired) electrons. The third-order valence-corrected chi connectivity index (χ3v) is 5.06. The highest BCUT2D eigenvalue weighted by atomic mass is 32.2. The Kier molecular flexibility index (Phi) is 5.62. The van der Waals surface area contributed by atoms with E-state index in [9.17, 15) is 18.0 Å². The fourth-order valence-corrected chi connectivity index (χ4v) is 3.59. The predicted molar refractivity (Wildman–Crippen MR) is 101 cm³/mol. The third kappa shape index (κ3) is 4.95. The van der Waals surface area contributed by atoms with Crippen molar-refractivity contribution >= 4 is 33.2 Å². The molecular weight excluding hydrogens is 356 g/mol. The van der Waals surface area contributed by atoms with Crippen LogP contribution >= 0.6 is 0 Å².